The molecular weight excluding hydrogens is 488 g/mol. The number of thiocarbonyl (C=S) groups is 1. The topological polar surface area (TPSA) is 128 Å². The molecule has 2 heterocycles. The molecule has 36 heavy (non-hydrogen) atoms. The molecule has 3 rings (SSSR count). The van der Waals surface area contributed by atoms with Gasteiger partial charge in [-0.05, 0) is 29.8 Å². The Morgan fingerprint density at radius 3 is 2.31 bits per heavy atom. The first-order valence-electron chi connectivity index (χ1n) is 11.4. The molecule has 1 aliphatic rings. The number of aromatic nitrogens is 2. The number of amides is 1. The van der Waals surface area contributed by atoms with Crippen molar-refractivity contribution < 1.29 is 28.5 Å². The zero-order valence-corrected chi connectivity index (χ0v) is 21.6. The molecule has 1 aliphatic heterocycles. The van der Waals surface area contributed by atoms with Crippen molar-refractivity contribution in [3.05, 3.63) is 35.7 Å². The molecule has 0 atom stereocenters. The van der Waals surface area contributed by atoms with E-state index in [1.807, 2.05) is 18.7 Å². The van der Waals surface area contributed by atoms with Gasteiger partial charge in [0.1, 0.15) is 11.5 Å². The van der Waals surface area contributed by atoms with Gasteiger partial charge in [-0.1, -0.05) is 13.8 Å². The Morgan fingerprint density at radius 2 is 1.69 bits per heavy atom. The third-order valence-electron chi connectivity index (χ3n) is 5.12. The smallest absolute Gasteiger partial charge is 0.273 e. The van der Waals surface area contributed by atoms with Gasteiger partial charge in [-0.25, -0.2) is 9.97 Å². The highest BCUT2D eigenvalue weighted by molar-refractivity contribution is 7.80. The van der Waals surface area contributed by atoms with Crippen molar-refractivity contribution in [1.29, 1.82) is 0 Å². The number of morpholine rings is 1. The van der Waals surface area contributed by atoms with Gasteiger partial charge >= 0.3 is 0 Å². The van der Waals surface area contributed by atoms with Crippen LogP contribution in [0.4, 0.5) is 11.6 Å². The lowest BCUT2D eigenvalue weighted by Crippen LogP contribution is -2.44. The van der Waals surface area contributed by atoms with E-state index >= 15 is 0 Å². The molecule has 1 fully saturated rings. The molecule has 1 amide bonds. The van der Waals surface area contributed by atoms with Crippen LogP contribution in [0.1, 0.15) is 35.7 Å². The summed E-state index contributed by atoms with van der Waals surface area (Å²) in [4.78, 5) is 23.8. The van der Waals surface area contributed by atoms with E-state index in [1.165, 1.54) is 14.2 Å². The third kappa shape index (κ3) is 7.62. The molecule has 1 saturated heterocycles. The first kappa shape index (κ1) is 27.3. The molecule has 0 saturated carbocycles. The number of benzene rings is 1. The maximum absolute atomic E-state index is 13.0. The fourth-order valence-corrected chi connectivity index (χ4v) is 3.52. The second kappa shape index (κ2) is 13.7. The van der Waals surface area contributed by atoms with Gasteiger partial charge in [-0.3, -0.25) is 15.6 Å². The summed E-state index contributed by atoms with van der Waals surface area (Å²) in [5.74, 6) is 1.09. The molecule has 196 valence electrons. The fraction of sp³-hybridized carbons (Fsp3) is 0.478. The van der Waals surface area contributed by atoms with Crippen LogP contribution in [0.25, 0.3) is 0 Å². The number of anilines is 2. The maximum Gasteiger partial charge on any atom is 0.273 e. The van der Waals surface area contributed by atoms with Gasteiger partial charge in [0.05, 0.1) is 36.9 Å². The van der Waals surface area contributed by atoms with Crippen molar-refractivity contribution in [3.8, 4) is 11.5 Å². The van der Waals surface area contributed by atoms with E-state index in [9.17, 15) is 4.79 Å². The van der Waals surface area contributed by atoms with Crippen LogP contribution in [0.2, 0.25) is 0 Å². The number of rotatable bonds is 10. The van der Waals surface area contributed by atoms with E-state index in [0.29, 0.717) is 30.6 Å². The summed E-state index contributed by atoms with van der Waals surface area (Å²) in [5, 5.41) is 3.10. The monoisotopic (exact) mass is 520 g/mol. The average Bonchev–Trinajstić information content (AvgIpc) is 2.90. The molecule has 0 aliphatic carbocycles. The number of ether oxygens (including phenoxy) is 5. The SMILES string of the molecule is COCOc1cc(OCOC)c(C(C)C)cc1C(=O)NNC(=S)Nc1cnc(N2CCOCC2)nc1. The van der Waals surface area contributed by atoms with E-state index in [2.05, 4.69) is 26.1 Å². The van der Waals surface area contributed by atoms with Crippen molar-refractivity contribution in [2.75, 3.05) is 64.3 Å². The summed E-state index contributed by atoms with van der Waals surface area (Å²) in [6.45, 7) is 6.80. The summed E-state index contributed by atoms with van der Waals surface area (Å²) in [7, 11) is 3.03. The molecular formula is C23H32N6O6S. The molecule has 1 aromatic carbocycles. The van der Waals surface area contributed by atoms with E-state index in [0.717, 1.165) is 18.7 Å². The quantitative estimate of drug-likeness (QED) is 0.241. The molecule has 0 unspecified atom stereocenters. The Kier molecular flexibility index (Phi) is 10.4. The third-order valence-corrected chi connectivity index (χ3v) is 5.33. The largest absolute Gasteiger partial charge is 0.467 e. The molecule has 0 spiro atoms. The lowest BCUT2D eigenvalue weighted by Gasteiger charge is -2.26. The minimum Gasteiger partial charge on any atom is -0.467 e. The van der Waals surface area contributed by atoms with Gasteiger partial charge in [0, 0.05) is 33.4 Å². The van der Waals surface area contributed by atoms with Crippen LogP contribution < -0.4 is 30.5 Å². The molecule has 2 aromatic rings. The Bertz CT molecular complexity index is 1020. The minimum atomic E-state index is -0.454. The predicted octanol–water partition coefficient (Wildman–Crippen LogP) is 2.03. The standard InChI is InChI=1S/C23H32N6O6S/c1-15(2)17-9-18(20(35-14-32-4)10-19(17)34-13-31-3)21(30)27-28-23(36)26-16-11-24-22(25-12-16)29-5-7-33-8-6-29/h9-12,15H,5-8,13-14H2,1-4H3,(H,27,30)(H2,26,28,36). The number of carbonyl (C=O) groups is 1. The molecule has 0 radical (unpaired) electrons. The lowest BCUT2D eigenvalue weighted by atomic mass is 9.98. The molecule has 13 heteroatoms. The van der Waals surface area contributed by atoms with Crippen LogP contribution in [0, 0.1) is 0 Å². The second-order valence-corrected chi connectivity index (χ2v) is 8.46. The van der Waals surface area contributed by atoms with Gasteiger partial charge in [-0.2, -0.15) is 0 Å². The van der Waals surface area contributed by atoms with Crippen LogP contribution in [0.15, 0.2) is 24.5 Å². The Balaban J connectivity index is 1.64. The number of nitrogens with one attached hydrogen (secondary N) is 3. The van der Waals surface area contributed by atoms with Crippen molar-refractivity contribution in [3.63, 3.8) is 0 Å². The van der Waals surface area contributed by atoms with E-state index < -0.39 is 5.91 Å². The van der Waals surface area contributed by atoms with Gasteiger partial charge in [-0.15, -0.1) is 0 Å². The summed E-state index contributed by atoms with van der Waals surface area (Å²) < 4.78 is 26.7. The number of methoxy groups -OCH3 is 2. The number of hydrogen-bond acceptors (Lipinski definition) is 10. The van der Waals surface area contributed by atoms with Crippen molar-refractivity contribution in [2.24, 2.45) is 0 Å². The van der Waals surface area contributed by atoms with Crippen LogP contribution in [0.5, 0.6) is 11.5 Å². The van der Waals surface area contributed by atoms with E-state index in [-0.39, 0.29) is 35.9 Å². The first-order valence-corrected chi connectivity index (χ1v) is 11.8. The zero-order valence-electron chi connectivity index (χ0n) is 20.8. The summed E-state index contributed by atoms with van der Waals surface area (Å²) in [6.07, 6.45) is 3.25. The summed E-state index contributed by atoms with van der Waals surface area (Å²) >= 11 is 5.30. The van der Waals surface area contributed by atoms with Crippen molar-refractivity contribution >= 4 is 34.9 Å². The second-order valence-electron chi connectivity index (χ2n) is 8.05. The lowest BCUT2D eigenvalue weighted by molar-refractivity contribution is 0.0449. The molecule has 0 bridgehead atoms. The summed E-state index contributed by atoms with van der Waals surface area (Å²) in [5.41, 5.74) is 6.95. The maximum atomic E-state index is 13.0. The normalized spacial score (nSPS) is 13.3. The van der Waals surface area contributed by atoms with E-state index in [1.54, 1.807) is 24.5 Å². The van der Waals surface area contributed by atoms with Crippen LogP contribution in [-0.2, 0) is 14.2 Å². The molecule has 1 aromatic heterocycles. The number of carbonyl (C=O) groups excluding carboxylic acids is 1. The summed E-state index contributed by atoms with van der Waals surface area (Å²) in [6, 6.07) is 3.36. The highest BCUT2D eigenvalue weighted by Crippen LogP contribution is 2.34. The Hall–Kier alpha value is -3.26. The zero-order chi connectivity index (χ0) is 25.9. The number of hydrogen-bond donors (Lipinski definition) is 3. The van der Waals surface area contributed by atoms with Crippen LogP contribution in [-0.4, -0.2) is 75.1 Å². The van der Waals surface area contributed by atoms with Gasteiger partial charge in [0.2, 0.25) is 5.95 Å². The highest BCUT2D eigenvalue weighted by Gasteiger charge is 2.20. The first-order chi connectivity index (χ1) is 17.4. The van der Waals surface area contributed by atoms with Crippen molar-refractivity contribution in [1.82, 2.24) is 20.8 Å². The number of nitrogens with zero attached hydrogens (tertiary/aromatic N) is 3. The predicted molar refractivity (Wildman–Crippen MR) is 137 cm³/mol. The number of hydrazine groups is 1. The Labute approximate surface area is 215 Å². The highest BCUT2D eigenvalue weighted by atomic mass is 32.1. The van der Waals surface area contributed by atoms with Crippen LogP contribution in [0.3, 0.4) is 0 Å². The van der Waals surface area contributed by atoms with Gasteiger partial charge < -0.3 is 33.9 Å². The van der Waals surface area contributed by atoms with Gasteiger partial charge in [0.15, 0.2) is 18.7 Å². The molecule has 3 N–H and O–H groups in total. The Morgan fingerprint density at radius 1 is 1.06 bits per heavy atom. The average molecular weight is 521 g/mol. The van der Waals surface area contributed by atoms with E-state index in [4.69, 9.17) is 35.9 Å². The van der Waals surface area contributed by atoms with Crippen LogP contribution >= 0.6 is 12.2 Å². The fourth-order valence-electron chi connectivity index (χ4n) is 3.35. The van der Waals surface area contributed by atoms with Gasteiger partial charge in [0.25, 0.3) is 5.91 Å². The minimum absolute atomic E-state index is 0.0428. The van der Waals surface area contributed by atoms with Crippen molar-refractivity contribution in [2.45, 2.75) is 19.8 Å². The molecule has 12 nitrogen and oxygen atoms in total.